The van der Waals surface area contributed by atoms with Crippen LogP contribution in [0, 0.1) is 5.92 Å². The summed E-state index contributed by atoms with van der Waals surface area (Å²) in [7, 11) is 0. The number of aromatic hydroxyl groups is 1. The smallest absolute Gasteiger partial charge is 0.160 e. The fourth-order valence-corrected chi connectivity index (χ4v) is 2.36. The Morgan fingerprint density at radius 2 is 1.90 bits per heavy atom. The van der Waals surface area contributed by atoms with Crippen molar-refractivity contribution in [3.05, 3.63) is 41.7 Å². The Morgan fingerprint density at radius 1 is 1.20 bits per heavy atom. The molecule has 2 rings (SSSR count). The summed E-state index contributed by atoms with van der Waals surface area (Å²) in [6, 6.07) is 10.0. The van der Waals surface area contributed by atoms with Gasteiger partial charge in [-0.3, -0.25) is 0 Å². The monoisotopic (exact) mass is 272 g/mol. The lowest BCUT2D eigenvalue weighted by molar-refractivity contribution is 0.453. The molecule has 0 radical (unpaired) electrons. The Balaban J connectivity index is 2.43. The molecule has 1 aromatic heterocycles. The van der Waals surface area contributed by atoms with Crippen LogP contribution in [0.4, 0.5) is 0 Å². The van der Waals surface area contributed by atoms with Crippen LogP contribution < -0.4 is 0 Å². The standard InChI is InChI=1S/C17H24N2O/c1-4-5-11-15-17(20)16(12-13(2)3)19(18-15)14-9-7-6-8-10-14/h6-10,13,20H,4-5,11-12H2,1-3H3. The highest BCUT2D eigenvalue weighted by molar-refractivity contribution is 5.41. The van der Waals surface area contributed by atoms with Gasteiger partial charge in [-0.2, -0.15) is 5.10 Å². The van der Waals surface area contributed by atoms with Crippen LogP contribution in [-0.2, 0) is 12.8 Å². The molecule has 0 aliphatic carbocycles. The van der Waals surface area contributed by atoms with Crippen molar-refractivity contribution in [1.82, 2.24) is 9.78 Å². The van der Waals surface area contributed by atoms with E-state index in [1.54, 1.807) is 0 Å². The topological polar surface area (TPSA) is 38.0 Å². The minimum atomic E-state index is 0.385. The second-order valence-electron chi connectivity index (χ2n) is 5.69. The molecule has 0 unspecified atom stereocenters. The summed E-state index contributed by atoms with van der Waals surface area (Å²) in [5, 5.41) is 15.1. The van der Waals surface area contributed by atoms with Crippen LogP contribution in [0.5, 0.6) is 5.75 Å². The first-order valence-electron chi connectivity index (χ1n) is 7.48. The van der Waals surface area contributed by atoms with Gasteiger partial charge in [-0.15, -0.1) is 0 Å². The fourth-order valence-electron chi connectivity index (χ4n) is 2.36. The summed E-state index contributed by atoms with van der Waals surface area (Å²) >= 11 is 0. The summed E-state index contributed by atoms with van der Waals surface area (Å²) in [6.07, 6.45) is 3.84. The van der Waals surface area contributed by atoms with Crippen molar-refractivity contribution in [3.63, 3.8) is 0 Å². The van der Waals surface area contributed by atoms with E-state index in [0.717, 1.165) is 42.8 Å². The molecule has 0 bridgehead atoms. The highest BCUT2D eigenvalue weighted by Gasteiger charge is 2.18. The van der Waals surface area contributed by atoms with E-state index < -0.39 is 0 Å². The normalized spacial score (nSPS) is 11.2. The quantitative estimate of drug-likeness (QED) is 0.859. The fraction of sp³-hybridized carbons (Fsp3) is 0.471. The average Bonchev–Trinajstić information content (AvgIpc) is 2.74. The van der Waals surface area contributed by atoms with Crippen molar-refractivity contribution < 1.29 is 5.11 Å². The Labute approximate surface area is 121 Å². The van der Waals surface area contributed by atoms with Gasteiger partial charge in [0.25, 0.3) is 0 Å². The SMILES string of the molecule is CCCCc1nn(-c2ccccc2)c(CC(C)C)c1O. The molecule has 0 fully saturated rings. The first-order chi connectivity index (χ1) is 9.63. The molecule has 0 spiro atoms. The van der Waals surface area contributed by atoms with Gasteiger partial charge in [0.05, 0.1) is 11.4 Å². The van der Waals surface area contributed by atoms with E-state index in [1.807, 2.05) is 35.0 Å². The van der Waals surface area contributed by atoms with Crippen LogP contribution in [-0.4, -0.2) is 14.9 Å². The largest absolute Gasteiger partial charge is 0.504 e. The Bertz CT molecular complexity index is 544. The number of para-hydroxylation sites is 1. The zero-order valence-electron chi connectivity index (χ0n) is 12.6. The molecule has 1 aromatic carbocycles. The van der Waals surface area contributed by atoms with Gasteiger partial charge in [0.1, 0.15) is 5.69 Å². The Morgan fingerprint density at radius 3 is 2.50 bits per heavy atom. The summed E-state index contributed by atoms with van der Waals surface area (Å²) in [5.41, 5.74) is 2.77. The van der Waals surface area contributed by atoms with Crippen molar-refractivity contribution in [1.29, 1.82) is 0 Å². The van der Waals surface area contributed by atoms with Gasteiger partial charge >= 0.3 is 0 Å². The third-order valence-corrected chi connectivity index (χ3v) is 3.39. The lowest BCUT2D eigenvalue weighted by atomic mass is 10.1. The first-order valence-corrected chi connectivity index (χ1v) is 7.48. The van der Waals surface area contributed by atoms with Gasteiger partial charge in [-0.1, -0.05) is 45.4 Å². The average molecular weight is 272 g/mol. The molecule has 1 N–H and O–H groups in total. The number of unbranched alkanes of at least 4 members (excludes halogenated alkanes) is 1. The predicted octanol–water partition coefficient (Wildman–Crippen LogP) is 4.12. The van der Waals surface area contributed by atoms with Gasteiger partial charge in [-0.25, -0.2) is 4.68 Å². The molecule has 0 saturated heterocycles. The summed E-state index contributed by atoms with van der Waals surface area (Å²) < 4.78 is 1.90. The van der Waals surface area contributed by atoms with Crippen LogP contribution >= 0.6 is 0 Å². The van der Waals surface area contributed by atoms with Crippen molar-refractivity contribution in [3.8, 4) is 11.4 Å². The van der Waals surface area contributed by atoms with Crippen LogP contribution in [0.25, 0.3) is 5.69 Å². The van der Waals surface area contributed by atoms with Gasteiger partial charge in [0.15, 0.2) is 5.75 Å². The van der Waals surface area contributed by atoms with Gasteiger partial charge in [-0.05, 0) is 37.3 Å². The van der Waals surface area contributed by atoms with E-state index in [-0.39, 0.29) is 0 Å². The van der Waals surface area contributed by atoms with Crippen molar-refractivity contribution in [2.24, 2.45) is 5.92 Å². The molecule has 0 aliphatic rings. The lowest BCUT2D eigenvalue weighted by Crippen LogP contribution is -2.05. The molecule has 0 amide bonds. The molecule has 3 nitrogen and oxygen atoms in total. The van der Waals surface area contributed by atoms with E-state index in [2.05, 4.69) is 25.9 Å². The number of hydrogen-bond acceptors (Lipinski definition) is 2. The number of nitrogens with zero attached hydrogens (tertiary/aromatic N) is 2. The molecule has 3 heteroatoms. The zero-order chi connectivity index (χ0) is 14.5. The summed E-state index contributed by atoms with van der Waals surface area (Å²) in [4.78, 5) is 0. The van der Waals surface area contributed by atoms with Crippen LogP contribution in [0.3, 0.4) is 0 Å². The highest BCUT2D eigenvalue weighted by Crippen LogP contribution is 2.28. The third-order valence-electron chi connectivity index (χ3n) is 3.39. The number of aromatic nitrogens is 2. The van der Waals surface area contributed by atoms with Crippen molar-refractivity contribution in [2.45, 2.75) is 46.5 Å². The van der Waals surface area contributed by atoms with E-state index in [9.17, 15) is 5.11 Å². The molecule has 20 heavy (non-hydrogen) atoms. The molecule has 2 aromatic rings. The van der Waals surface area contributed by atoms with Gasteiger partial charge in [0.2, 0.25) is 0 Å². The maximum absolute atomic E-state index is 10.5. The molecular weight excluding hydrogens is 248 g/mol. The Hall–Kier alpha value is -1.77. The van der Waals surface area contributed by atoms with Crippen molar-refractivity contribution >= 4 is 0 Å². The molecule has 0 saturated carbocycles. The Kier molecular flexibility index (Phi) is 4.83. The third kappa shape index (κ3) is 3.21. The second kappa shape index (κ2) is 6.60. The maximum atomic E-state index is 10.5. The second-order valence-corrected chi connectivity index (χ2v) is 5.69. The lowest BCUT2D eigenvalue weighted by Gasteiger charge is -2.09. The van der Waals surface area contributed by atoms with Gasteiger partial charge < -0.3 is 5.11 Å². The number of benzene rings is 1. The maximum Gasteiger partial charge on any atom is 0.160 e. The molecule has 1 heterocycles. The van der Waals surface area contributed by atoms with E-state index >= 15 is 0 Å². The minimum Gasteiger partial charge on any atom is -0.504 e. The van der Waals surface area contributed by atoms with Crippen LogP contribution in [0.15, 0.2) is 30.3 Å². The summed E-state index contributed by atoms with van der Waals surface area (Å²) in [6.45, 7) is 6.47. The molecule has 0 atom stereocenters. The predicted molar refractivity (Wildman–Crippen MR) is 82.4 cm³/mol. The molecule has 108 valence electrons. The molecular formula is C17H24N2O. The van der Waals surface area contributed by atoms with Crippen LogP contribution in [0.2, 0.25) is 0 Å². The highest BCUT2D eigenvalue weighted by atomic mass is 16.3. The summed E-state index contributed by atoms with van der Waals surface area (Å²) in [5.74, 6) is 0.870. The number of hydrogen-bond donors (Lipinski definition) is 1. The van der Waals surface area contributed by atoms with Crippen molar-refractivity contribution in [2.75, 3.05) is 0 Å². The van der Waals surface area contributed by atoms with Gasteiger partial charge in [0, 0.05) is 0 Å². The van der Waals surface area contributed by atoms with E-state index in [0.29, 0.717) is 11.7 Å². The number of rotatable bonds is 6. The minimum absolute atomic E-state index is 0.385. The number of aryl methyl sites for hydroxylation is 1. The molecule has 0 aliphatic heterocycles. The van der Waals surface area contributed by atoms with Crippen LogP contribution in [0.1, 0.15) is 45.0 Å². The van der Waals surface area contributed by atoms with E-state index in [4.69, 9.17) is 0 Å². The zero-order valence-corrected chi connectivity index (χ0v) is 12.6. The first kappa shape index (κ1) is 14.6. The van der Waals surface area contributed by atoms with E-state index in [1.165, 1.54) is 0 Å².